The van der Waals surface area contributed by atoms with E-state index in [0.717, 1.165) is 19.3 Å². The average molecular weight is 221 g/mol. The van der Waals surface area contributed by atoms with E-state index in [2.05, 4.69) is 4.98 Å². The summed E-state index contributed by atoms with van der Waals surface area (Å²) < 4.78 is 5.59. The van der Waals surface area contributed by atoms with Gasteiger partial charge in [0.1, 0.15) is 0 Å². The van der Waals surface area contributed by atoms with Crippen molar-refractivity contribution >= 4 is 5.97 Å². The smallest absolute Gasteiger partial charge is 0.348 e. The van der Waals surface area contributed by atoms with Crippen LogP contribution in [0.25, 0.3) is 0 Å². The third-order valence-electron chi connectivity index (χ3n) is 2.99. The number of pyridine rings is 1. The van der Waals surface area contributed by atoms with Gasteiger partial charge in [-0.1, -0.05) is 12.5 Å². The molecule has 1 aromatic rings. The molecule has 86 valence electrons. The Morgan fingerprint density at radius 1 is 1.31 bits per heavy atom. The zero-order valence-corrected chi connectivity index (χ0v) is 9.06. The summed E-state index contributed by atoms with van der Waals surface area (Å²) in [4.78, 5) is 15.3. The number of aliphatic carboxylic acids is 1. The maximum atomic E-state index is 11.3. The summed E-state index contributed by atoms with van der Waals surface area (Å²) in [5.74, 6) is -0.482. The molecule has 0 spiro atoms. The molecule has 0 radical (unpaired) electrons. The number of aromatic nitrogens is 1. The van der Waals surface area contributed by atoms with Crippen LogP contribution in [0.5, 0.6) is 5.88 Å². The zero-order chi connectivity index (χ0) is 11.4. The molecule has 4 heteroatoms. The molecule has 2 rings (SSSR count). The van der Waals surface area contributed by atoms with Crippen LogP contribution in [-0.2, 0) is 4.79 Å². The fraction of sp³-hybridized carbons (Fsp3) is 0.500. The molecule has 0 saturated heterocycles. The molecule has 16 heavy (non-hydrogen) atoms. The maximum absolute atomic E-state index is 11.3. The first-order chi connectivity index (χ1) is 7.73. The Morgan fingerprint density at radius 3 is 2.62 bits per heavy atom. The maximum Gasteiger partial charge on any atom is 0.348 e. The number of hydrogen-bond acceptors (Lipinski definition) is 3. The first kappa shape index (κ1) is 10.9. The summed E-state index contributed by atoms with van der Waals surface area (Å²) in [5, 5.41) is 9.30. The fourth-order valence-corrected chi connectivity index (χ4v) is 2.09. The van der Waals surface area contributed by atoms with Gasteiger partial charge in [-0.2, -0.15) is 0 Å². The second-order valence-corrected chi connectivity index (χ2v) is 4.13. The van der Waals surface area contributed by atoms with Gasteiger partial charge in [0, 0.05) is 12.3 Å². The van der Waals surface area contributed by atoms with Crippen molar-refractivity contribution < 1.29 is 14.6 Å². The van der Waals surface area contributed by atoms with Crippen molar-refractivity contribution in [2.24, 2.45) is 0 Å². The quantitative estimate of drug-likeness (QED) is 0.850. The summed E-state index contributed by atoms with van der Waals surface area (Å²) in [6.07, 6.45) is 5.63. The Balaban J connectivity index is 2.17. The van der Waals surface area contributed by atoms with E-state index in [4.69, 9.17) is 4.74 Å². The Bertz CT molecular complexity index is 358. The Labute approximate surface area is 94.3 Å². The predicted molar refractivity (Wildman–Crippen MR) is 58.3 cm³/mol. The molecular formula is C12H15NO3. The van der Waals surface area contributed by atoms with Gasteiger partial charge in [-0.15, -0.1) is 0 Å². The minimum atomic E-state index is -1.06. The largest absolute Gasteiger partial charge is 0.478 e. The summed E-state index contributed by atoms with van der Waals surface area (Å²) >= 11 is 0. The molecule has 1 aliphatic rings. The first-order valence-corrected chi connectivity index (χ1v) is 5.56. The van der Waals surface area contributed by atoms with Crippen molar-refractivity contribution in [1.29, 1.82) is 0 Å². The van der Waals surface area contributed by atoms with Gasteiger partial charge in [0.15, 0.2) is 0 Å². The van der Waals surface area contributed by atoms with Crippen LogP contribution in [0.3, 0.4) is 0 Å². The summed E-state index contributed by atoms with van der Waals surface area (Å²) in [5.41, 5.74) is -1.06. The molecule has 4 nitrogen and oxygen atoms in total. The van der Waals surface area contributed by atoms with E-state index in [-0.39, 0.29) is 0 Å². The lowest BCUT2D eigenvalue weighted by Gasteiger charge is -2.32. The van der Waals surface area contributed by atoms with Crippen LogP contribution in [0, 0.1) is 0 Å². The van der Waals surface area contributed by atoms with E-state index in [1.54, 1.807) is 24.4 Å². The average Bonchev–Trinajstić information content (AvgIpc) is 2.31. The zero-order valence-electron chi connectivity index (χ0n) is 9.06. The lowest BCUT2D eigenvalue weighted by molar-refractivity contribution is -0.158. The summed E-state index contributed by atoms with van der Waals surface area (Å²) in [6, 6.07) is 5.27. The van der Waals surface area contributed by atoms with Gasteiger partial charge in [0.05, 0.1) is 0 Å². The molecule has 1 N–H and O–H groups in total. The highest BCUT2D eigenvalue weighted by atomic mass is 16.5. The van der Waals surface area contributed by atoms with Crippen molar-refractivity contribution in [2.45, 2.75) is 37.7 Å². The molecule has 0 amide bonds. The lowest BCUT2D eigenvalue weighted by atomic mass is 9.85. The first-order valence-electron chi connectivity index (χ1n) is 5.56. The number of carboxylic acids is 1. The van der Waals surface area contributed by atoms with Gasteiger partial charge in [-0.3, -0.25) is 0 Å². The van der Waals surface area contributed by atoms with Crippen LogP contribution < -0.4 is 4.74 Å². The van der Waals surface area contributed by atoms with Crippen molar-refractivity contribution in [3.63, 3.8) is 0 Å². The third-order valence-corrected chi connectivity index (χ3v) is 2.99. The van der Waals surface area contributed by atoms with E-state index in [1.807, 2.05) is 0 Å². The molecule has 1 saturated carbocycles. The van der Waals surface area contributed by atoms with Crippen LogP contribution >= 0.6 is 0 Å². The monoisotopic (exact) mass is 221 g/mol. The van der Waals surface area contributed by atoms with Crippen LogP contribution in [0.4, 0.5) is 0 Å². The van der Waals surface area contributed by atoms with E-state index >= 15 is 0 Å². The van der Waals surface area contributed by atoms with Gasteiger partial charge in [0.2, 0.25) is 11.5 Å². The summed E-state index contributed by atoms with van der Waals surface area (Å²) in [7, 11) is 0. The Kier molecular flexibility index (Phi) is 3.08. The highest BCUT2D eigenvalue weighted by Gasteiger charge is 2.42. The molecule has 0 aliphatic heterocycles. The van der Waals surface area contributed by atoms with E-state index in [9.17, 15) is 9.90 Å². The molecule has 0 atom stereocenters. The SMILES string of the molecule is O=C(O)C1(Oc2ccccn2)CCCCC1. The molecule has 0 bridgehead atoms. The molecule has 1 aromatic heterocycles. The van der Waals surface area contributed by atoms with E-state index in [0.29, 0.717) is 18.7 Å². The molecule has 1 heterocycles. The molecule has 0 unspecified atom stereocenters. The number of ether oxygens (including phenoxy) is 1. The minimum absolute atomic E-state index is 0.395. The predicted octanol–water partition coefficient (Wildman–Crippen LogP) is 2.25. The van der Waals surface area contributed by atoms with Gasteiger partial charge in [0.25, 0.3) is 0 Å². The second-order valence-electron chi connectivity index (χ2n) is 4.13. The van der Waals surface area contributed by atoms with Crippen molar-refractivity contribution in [1.82, 2.24) is 4.98 Å². The second kappa shape index (κ2) is 4.51. The Hall–Kier alpha value is -1.58. The lowest BCUT2D eigenvalue weighted by Crippen LogP contribution is -2.46. The van der Waals surface area contributed by atoms with Crippen LogP contribution in [0.15, 0.2) is 24.4 Å². The molecular weight excluding hydrogens is 206 g/mol. The molecule has 1 aliphatic carbocycles. The number of carboxylic acid groups (broad SMARTS) is 1. The normalized spacial score (nSPS) is 19.0. The van der Waals surface area contributed by atoms with Gasteiger partial charge in [-0.05, 0) is 31.7 Å². The number of rotatable bonds is 3. The van der Waals surface area contributed by atoms with Crippen molar-refractivity contribution in [3.8, 4) is 5.88 Å². The topological polar surface area (TPSA) is 59.4 Å². The van der Waals surface area contributed by atoms with Gasteiger partial charge < -0.3 is 9.84 Å². The van der Waals surface area contributed by atoms with Crippen LogP contribution in [-0.4, -0.2) is 21.7 Å². The van der Waals surface area contributed by atoms with Crippen molar-refractivity contribution in [3.05, 3.63) is 24.4 Å². The van der Waals surface area contributed by atoms with Gasteiger partial charge in [-0.25, -0.2) is 9.78 Å². The summed E-state index contributed by atoms with van der Waals surface area (Å²) in [6.45, 7) is 0. The van der Waals surface area contributed by atoms with E-state index < -0.39 is 11.6 Å². The Morgan fingerprint density at radius 2 is 2.06 bits per heavy atom. The molecule has 0 aromatic carbocycles. The minimum Gasteiger partial charge on any atom is -0.478 e. The number of carbonyl (C=O) groups is 1. The van der Waals surface area contributed by atoms with E-state index in [1.165, 1.54) is 0 Å². The highest BCUT2D eigenvalue weighted by Crippen LogP contribution is 2.32. The van der Waals surface area contributed by atoms with Gasteiger partial charge >= 0.3 is 5.97 Å². The highest BCUT2D eigenvalue weighted by molar-refractivity contribution is 5.78. The number of nitrogens with zero attached hydrogens (tertiary/aromatic N) is 1. The standard InChI is InChI=1S/C12H15NO3/c14-11(15)12(7-3-1-4-8-12)16-10-6-2-5-9-13-10/h2,5-6,9H,1,3-4,7-8H2,(H,14,15). The van der Waals surface area contributed by atoms with Crippen LogP contribution in [0.2, 0.25) is 0 Å². The molecule has 1 fully saturated rings. The third kappa shape index (κ3) is 2.15. The fourth-order valence-electron chi connectivity index (χ4n) is 2.09. The number of hydrogen-bond donors (Lipinski definition) is 1. The van der Waals surface area contributed by atoms with Crippen molar-refractivity contribution in [2.75, 3.05) is 0 Å². The van der Waals surface area contributed by atoms with Crippen LogP contribution in [0.1, 0.15) is 32.1 Å².